The Morgan fingerprint density at radius 1 is 1.06 bits per heavy atom. The molecule has 1 heterocycles. The molecule has 0 atom stereocenters. The fourth-order valence-electron chi connectivity index (χ4n) is 1.24. The topological polar surface area (TPSA) is 35.0 Å². The summed E-state index contributed by atoms with van der Waals surface area (Å²) in [5.41, 5.74) is 2.43. The lowest BCUT2D eigenvalue weighted by molar-refractivity contribution is 0.441. The summed E-state index contributed by atoms with van der Waals surface area (Å²) in [7, 11) is 0. The number of nitrogens with zero attached hydrogens (tertiary/aromatic N) is 2. The molecule has 82 valence electrons. The zero-order chi connectivity index (χ0) is 11.5. The summed E-state index contributed by atoms with van der Waals surface area (Å²) < 4.78 is 6.36. The number of hydrogen-bond donors (Lipinski definition) is 0. The van der Waals surface area contributed by atoms with Gasteiger partial charge in [0.15, 0.2) is 0 Å². The van der Waals surface area contributed by atoms with Crippen LogP contribution in [0, 0.1) is 13.8 Å². The summed E-state index contributed by atoms with van der Waals surface area (Å²) in [6.45, 7) is 4.11. The van der Waals surface area contributed by atoms with Crippen LogP contribution in [0.4, 0.5) is 0 Å². The van der Waals surface area contributed by atoms with Gasteiger partial charge < -0.3 is 4.74 Å². The van der Waals surface area contributed by atoms with E-state index >= 15 is 0 Å². The molecule has 2 rings (SSSR count). The molecular weight excluding hydrogens is 268 g/mol. The average Bonchev–Trinajstić information content (AvgIpc) is 2.27. The predicted molar refractivity (Wildman–Crippen MR) is 65.7 cm³/mol. The maximum Gasteiger partial charge on any atom is 0.321 e. The van der Waals surface area contributed by atoms with E-state index in [9.17, 15) is 0 Å². The van der Waals surface area contributed by atoms with E-state index in [0.29, 0.717) is 6.01 Å². The van der Waals surface area contributed by atoms with Crippen molar-refractivity contribution in [2.75, 3.05) is 0 Å². The lowest BCUT2D eigenvalue weighted by atomic mass is 10.1. The summed E-state index contributed by atoms with van der Waals surface area (Å²) in [4.78, 5) is 8.09. The van der Waals surface area contributed by atoms with E-state index in [1.54, 1.807) is 12.4 Å². The Bertz CT molecular complexity index is 497. The van der Waals surface area contributed by atoms with Crippen LogP contribution in [-0.2, 0) is 0 Å². The smallest absolute Gasteiger partial charge is 0.321 e. The molecule has 0 saturated heterocycles. The molecule has 0 spiro atoms. The SMILES string of the molecule is Cc1ccc(Oc2ncc(Br)cn2)cc1C. The molecule has 0 aliphatic carbocycles. The van der Waals surface area contributed by atoms with Crippen LogP contribution in [0.2, 0.25) is 0 Å². The Labute approximate surface area is 103 Å². The van der Waals surface area contributed by atoms with Crippen molar-refractivity contribution in [3.05, 3.63) is 46.2 Å². The molecule has 1 aromatic carbocycles. The molecule has 0 unspecified atom stereocenters. The first-order valence-electron chi connectivity index (χ1n) is 4.88. The van der Waals surface area contributed by atoms with E-state index in [1.807, 2.05) is 25.1 Å². The van der Waals surface area contributed by atoms with Crippen LogP contribution in [0.15, 0.2) is 35.1 Å². The number of rotatable bonds is 2. The third-order valence-corrected chi connectivity index (χ3v) is 2.69. The normalized spacial score (nSPS) is 10.2. The molecule has 0 amide bonds. The summed E-state index contributed by atoms with van der Waals surface area (Å²) in [5.74, 6) is 0.755. The maximum absolute atomic E-state index is 5.53. The molecule has 16 heavy (non-hydrogen) atoms. The van der Waals surface area contributed by atoms with Crippen molar-refractivity contribution in [2.24, 2.45) is 0 Å². The van der Waals surface area contributed by atoms with Crippen molar-refractivity contribution in [1.82, 2.24) is 9.97 Å². The summed E-state index contributed by atoms with van der Waals surface area (Å²) >= 11 is 3.27. The van der Waals surface area contributed by atoms with Crippen LogP contribution in [0.25, 0.3) is 0 Å². The van der Waals surface area contributed by atoms with E-state index in [1.165, 1.54) is 11.1 Å². The highest BCUT2D eigenvalue weighted by atomic mass is 79.9. The fraction of sp³-hybridized carbons (Fsp3) is 0.167. The number of benzene rings is 1. The van der Waals surface area contributed by atoms with Crippen molar-refractivity contribution >= 4 is 15.9 Å². The van der Waals surface area contributed by atoms with Crippen molar-refractivity contribution < 1.29 is 4.74 Å². The van der Waals surface area contributed by atoms with Crippen LogP contribution < -0.4 is 4.74 Å². The molecule has 0 saturated carbocycles. The minimum Gasteiger partial charge on any atom is -0.424 e. The van der Waals surface area contributed by atoms with Gasteiger partial charge in [-0.05, 0) is 53.0 Å². The standard InChI is InChI=1S/C12H11BrN2O/c1-8-3-4-11(5-9(8)2)16-12-14-6-10(13)7-15-12/h3-7H,1-2H3. The molecule has 3 nitrogen and oxygen atoms in total. The zero-order valence-electron chi connectivity index (χ0n) is 9.07. The lowest BCUT2D eigenvalue weighted by Crippen LogP contribution is -1.91. The van der Waals surface area contributed by atoms with E-state index in [-0.39, 0.29) is 0 Å². The van der Waals surface area contributed by atoms with Gasteiger partial charge in [0, 0.05) is 12.4 Å². The van der Waals surface area contributed by atoms with Crippen molar-refractivity contribution in [2.45, 2.75) is 13.8 Å². The molecular formula is C12H11BrN2O. The number of halogens is 1. The first kappa shape index (κ1) is 11.1. The Hall–Kier alpha value is -1.42. The molecule has 0 aliphatic rings. The largest absolute Gasteiger partial charge is 0.424 e. The predicted octanol–water partition coefficient (Wildman–Crippen LogP) is 3.65. The number of ether oxygens (including phenoxy) is 1. The molecule has 0 N–H and O–H groups in total. The summed E-state index contributed by atoms with van der Waals surface area (Å²) in [6.07, 6.45) is 3.31. The second-order valence-corrected chi connectivity index (χ2v) is 4.45. The molecule has 4 heteroatoms. The van der Waals surface area contributed by atoms with E-state index in [4.69, 9.17) is 4.74 Å². The lowest BCUT2D eigenvalue weighted by Gasteiger charge is -2.05. The van der Waals surface area contributed by atoms with E-state index in [0.717, 1.165) is 10.2 Å². The first-order valence-corrected chi connectivity index (χ1v) is 5.67. The van der Waals surface area contributed by atoms with Crippen LogP contribution in [0.1, 0.15) is 11.1 Å². The van der Waals surface area contributed by atoms with Crippen molar-refractivity contribution in [1.29, 1.82) is 0 Å². The van der Waals surface area contributed by atoms with Gasteiger partial charge in [-0.1, -0.05) is 6.07 Å². The van der Waals surface area contributed by atoms with Gasteiger partial charge in [0.25, 0.3) is 0 Å². The maximum atomic E-state index is 5.53. The van der Waals surface area contributed by atoms with Crippen molar-refractivity contribution in [3.63, 3.8) is 0 Å². The molecule has 1 aromatic heterocycles. The van der Waals surface area contributed by atoms with Crippen molar-refractivity contribution in [3.8, 4) is 11.8 Å². The molecule has 0 aliphatic heterocycles. The highest BCUT2D eigenvalue weighted by Crippen LogP contribution is 2.21. The number of aromatic nitrogens is 2. The highest BCUT2D eigenvalue weighted by molar-refractivity contribution is 9.10. The first-order chi connectivity index (χ1) is 7.65. The van der Waals surface area contributed by atoms with Crippen LogP contribution >= 0.6 is 15.9 Å². The minimum atomic E-state index is 0.353. The van der Waals surface area contributed by atoms with Gasteiger partial charge in [0.2, 0.25) is 0 Å². The third kappa shape index (κ3) is 2.58. The Morgan fingerprint density at radius 2 is 1.75 bits per heavy atom. The third-order valence-electron chi connectivity index (χ3n) is 2.28. The molecule has 0 radical (unpaired) electrons. The highest BCUT2D eigenvalue weighted by Gasteiger charge is 2.01. The molecule has 0 fully saturated rings. The minimum absolute atomic E-state index is 0.353. The van der Waals surface area contributed by atoms with Gasteiger partial charge in [-0.3, -0.25) is 0 Å². The van der Waals surface area contributed by atoms with Crippen LogP contribution in [0.5, 0.6) is 11.8 Å². The van der Waals surface area contributed by atoms with E-state index < -0.39 is 0 Å². The Balaban J connectivity index is 2.20. The molecule has 0 bridgehead atoms. The van der Waals surface area contributed by atoms with Gasteiger partial charge in [-0.2, -0.15) is 0 Å². The summed E-state index contributed by atoms with van der Waals surface area (Å²) in [5, 5.41) is 0. The van der Waals surface area contributed by atoms with Gasteiger partial charge in [-0.15, -0.1) is 0 Å². The van der Waals surface area contributed by atoms with Crippen LogP contribution in [-0.4, -0.2) is 9.97 Å². The van der Waals surface area contributed by atoms with E-state index in [2.05, 4.69) is 32.8 Å². The number of aryl methyl sites for hydroxylation is 2. The Kier molecular flexibility index (Phi) is 3.19. The van der Waals surface area contributed by atoms with Crippen LogP contribution in [0.3, 0.4) is 0 Å². The molecule has 2 aromatic rings. The number of hydrogen-bond acceptors (Lipinski definition) is 3. The Morgan fingerprint density at radius 3 is 2.38 bits per heavy atom. The monoisotopic (exact) mass is 278 g/mol. The summed E-state index contributed by atoms with van der Waals surface area (Å²) in [6, 6.07) is 6.25. The average molecular weight is 279 g/mol. The second kappa shape index (κ2) is 4.61. The quantitative estimate of drug-likeness (QED) is 0.841. The second-order valence-electron chi connectivity index (χ2n) is 3.53. The fourth-order valence-corrected chi connectivity index (χ4v) is 1.44. The van der Waals surface area contributed by atoms with Gasteiger partial charge in [0.05, 0.1) is 4.47 Å². The van der Waals surface area contributed by atoms with Gasteiger partial charge in [0.1, 0.15) is 5.75 Å². The van der Waals surface area contributed by atoms with Gasteiger partial charge in [-0.25, -0.2) is 9.97 Å². The zero-order valence-corrected chi connectivity index (χ0v) is 10.7. The van der Waals surface area contributed by atoms with Gasteiger partial charge >= 0.3 is 6.01 Å².